The van der Waals surface area contributed by atoms with Crippen LogP contribution in [-0.4, -0.2) is 21.6 Å². The summed E-state index contributed by atoms with van der Waals surface area (Å²) in [5.41, 5.74) is 5.26. The van der Waals surface area contributed by atoms with Crippen LogP contribution in [0.1, 0.15) is 43.0 Å². The van der Waals surface area contributed by atoms with Gasteiger partial charge in [-0.1, -0.05) is 31.2 Å². The third-order valence-electron chi connectivity index (χ3n) is 5.56. The number of carbonyl (C=O) groups excluding carboxylic acids is 2. The maximum absolute atomic E-state index is 12.9. The molecule has 0 aliphatic carbocycles. The zero-order valence-corrected chi connectivity index (χ0v) is 19.0. The van der Waals surface area contributed by atoms with E-state index in [1.54, 1.807) is 19.9 Å². The van der Waals surface area contributed by atoms with Crippen LogP contribution in [-0.2, 0) is 9.59 Å². The molecule has 0 saturated heterocycles. The predicted molar refractivity (Wildman–Crippen MR) is 127 cm³/mol. The topological polar surface area (TPSA) is 93.1 Å². The molecule has 0 aliphatic heterocycles. The van der Waals surface area contributed by atoms with Crippen molar-refractivity contribution >= 4 is 23.2 Å². The minimum absolute atomic E-state index is 0.0834. The molecule has 3 aromatic rings. The van der Waals surface area contributed by atoms with Gasteiger partial charge in [0, 0.05) is 29.4 Å². The summed E-state index contributed by atoms with van der Waals surface area (Å²) in [4.78, 5) is 37.2. The van der Waals surface area contributed by atoms with Crippen molar-refractivity contribution < 1.29 is 9.59 Å². The summed E-state index contributed by atoms with van der Waals surface area (Å²) in [6.45, 7) is 9.25. The molecular weight excluding hydrogens is 404 g/mol. The second-order valence-corrected chi connectivity index (χ2v) is 7.85. The van der Waals surface area contributed by atoms with Crippen LogP contribution in [0.2, 0.25) is 0 Å². The smallest absolute Gasteiger partial charge is 0.267 e. The van der Waals surface area contributed by atoms with Gasteiger partial charge in [0.2, 0.25) is 11.8 Å². The maximum Gasteiger partial charge on any atom is 0.267 e. The second-order valence-electron chi connectivity index (χ2n) is 7.85. The monoisotopic (exact) mass is 432 g/mol. The molecule has 0 fully saturated rings. The lowest BCUT2D eigenvalue weighted by atomic mass is 10.1. The van der Waals surface area contributed by atoms with Gasteiger partial charge in [-0.25, -0.2) is 4.68 Å². The van der Waals surface area contributed by atoms with Crippen molar-refractivity contribution in [1.29, 1.82) is 0 Å². The Hall–Kier alpha value is -3.74. The molecule has 7 nitrogen and oxygen atoms in total. The van der Waals surface area contributed by atoms with E-state index in [4.69, 9.17) is 0 Å². The summed E-state index contributed by atoms with van der Waals surface area (Å²) in [6, 6.07) is 13.5. The Kier molecular flexibility index (Phi) is 6.88. The van der Waals surface area contributed by atoms with Crippen molar-refractivity contribution in [3.05, 3.63) is 75.6 Å². The first-order valence-corrected chi connectivity index (χ1v) is 10.6. The number of hydrogen-bond donors (Lipinski definition) is 2. The number of aromatic nitrogens is 2. The number of nitrogens with zero attached hydrogens (tertiary/aromatic N) is 2. The van der Waals surface area contributed by atoms with Crippen molar-refractivity contribution in [2.45, 2.75) is 47.1 Å². The van der Waals surface area contributed by atoms with Crippen LogP contribution in [0.3, 0.4) is 0 Å². The van der Waals surface area contributed by atoms with Gasteiger partial charge in [-0.3, -0.25) is 14.4 Å². The number of nitrogens with one attached hydrogen (secondary N) is 2. The van der Waals surface area contributed by atoms with E-state index in [1.165, 1.54) is 10.7 Å². The third kappa shape index (κ3) is 4.94. The van der Waals surface area contributed by atoms with E-state index < -0.39 is 6.04 Å². The molecule has 0 aliphatic rings. The van der Waals surface area contributed by atoms with Crippen LogP contribution < -0.4 is 16.2 Å². The number of anilines is 2. The zero-order chi connectivity index (χ0) is 23.4. The van der Waals surface area contributed by atoms with Crippen molar-refractivity contribution in [3.63, 3.8) is 0 Å². The first-order chi connectivity index (χ1) is 15.2. The van der Waals surface area contributed by atoms with E-state index in [-0.39, 0.29) is 17.4 Å². The summed E-state index contributed by atoms with van der Waals surface area (Å²) in [5.74, 6) is -0.412. The minimum atomic E-state index is -0.813. The quantitative estimate of drug-likeness (QED) is 0.604. The number of hydrogen-bond acceptors (Lipinski definition) is 4. The normalized spacial score (nSPS) is 11.7. The van der Waals surface area contributed by atoms with Crippen molar-refractivity contribution in [1.82, 2.24) is 9.78 Å². The van der Waals surface area contributed by atoms with Crippen LogP contribution in [0, 0.1) is 20.8 Å². The van der Waals surface area contributed by atoms with Crippen LogP contribution in [0.5, 0.6) is 0 Å². The number of carbonyl (C=O) groups is 2. The largest absolute Gasteiger partial charge is 0.326 e. The molecule has 0 saturated carbocycles. The fraction of sp³-hybridized carbons (Fsp3) is 0.280. The van der Waals surface area contributed by atoms with Gasteiger partial charge in [0.15, 0.2) is 0 Å². The maximum atomic E-state index is 12.9. The average molecular weight is 433 g/mol. The number of rotatable bonds is 6. The summed E-state index contributed by atoms with van der Waals surface area (Å²) in [6.07, 6.45) is 0.375. The van der Waals surface area contributed by atoms with E-state index in [1.807, 2.05) is 57.2 Å². The molecule has 1 heterocycles. The van der Waals surface area contributed by atoms with Crippen molar-refractivity contribution in [2.24, 2.45) is 0 Å². The van der Waals surface area contributed by atoms with E-state index >= 15 is 0 Å². The van der Waals surface area contributed by atoms with Gasteiger partial charge in [0.05, 0.1) is 5.69 Å². The van der Waals surface area contributed by atoms with E-state index in [9.17, 15) is 14.4 Å². The first-order valence-electron chi connectivity index (χ1n) is 10.6. The van der Waals surface area contributed by atoms with E-state index in [0.717, 1.165) is 22.3 Å². The van der Waals surface area contributed by atoms with Crippen LogP contribution in [0.4, 0.5) is 11.4 Å². The highest BCUT2D eigenvalue weighted by atomic mass is 16.2. The molecule has 2 amide bonds. The van der Waals surface area contributed by atoms with E-state index in [0.29, 0.717) is 23.5 Å². The molecule has 0 bridgehead atoms. The fourth-order valence-electron chi connectivity index (χ4n) is 3.25. The fourth-order valence-corrected chi connectivity index (χ4v) is 3.25. The number of aryl methyl sites for hydroxylation is 2. The molecular formula is C25H28N4O3. The van der Waals surface area contributed by atoms with Crippen LogP contribution in [0.15, 0.2) is 53.3 Å². The molecule has 2 N–H and O–H groups in total. The molecule has 3 rings (SSSR count). The van der Waals surface area contributed by atoms with Gasteiger partial charge in [0.1, 0.15) is 6.04 Å². The molecule has 32 heavy (non-hydrogen) atoms. The van der Waals surface area contributed by atoms with Gasteiger partial charge in [-0.15, -0.1) is 0 Å². The summed E-state index contributed by atoms with van der Waals surface area (Å²) < 4.78 is 1.18. The summed E-state index contributed by atoms with van der Waals surface area (Å²) >= 11 is 0. The van der Waals surface area contributed by atoms with Gasteiger partial charge in [-0.05, 0) is 62.6 Å². The summed E-state index contributed by atoms with van der Waals surface area (Å²) in [7, 11) is 0. The Morgan fingerprint density at radius 1 is 0.969 bits per heavy atom. The molecule has 0 unspecified atom stereocenters. The minimum Gasteiger partial charge on any atom is -0.326 e. The van der Waals surface area contributed by atoms with Crippen molar-refractivity contribution in [2.75, 3.05) is 10.6 Å². The standard InChI is InChI=1S/C25H28N4O3/c1-6-23(30)26-22-14-19(11-10-16(22)3)21-12-13-24(31)29(28-21)18(5)25(32)27-20-9-7-8-15(2)17(20)4/h7-14,18H,6H2,1-5H3,(H,26,30)(H,27,32)/t18-/m0/s1. The number of benzene rings is 2. The molecule has 2 aromatic carbocycles. The Morgan fingerprint density at radius 2 is 1.72 bits per heavy atom. The van der Waals surface area contributed by atoms with Gasteiger partial charge < -0.3 is 10.6 Å². The Morgan fingerprint density at radius 3 is 2.44 bits per heavy atom. The lowest BCUT2D eigenvalue weighted by Crippen LogP contribution is -2.33. The summed E-state index contributed by atoms with van der Waals surface area (Å²) in [5, 5.41) is 10.2. The van der Waals surface area contributed by atoms with E-state index in [2.05, 4.69) is 15.7 Å². The molecule has 1 atom stereocenters. The molecule has 7 heteroatoms. The Balaban J connectivity index is 1.91. The average Bonchev–Trinajstić information content (AvgIpc) is 2.78. The lowest BCUT2D eigenvalue weighted by molar-refractivity contribution is -0.119. The number of amides is 2. The SMILES string of the molecule is CCC(=O)Nc1cc(-c2ccc(=O)n([C@@H](C)C(=O)Nc3cccc(C)c3C)n2)ccc1C. The Labute approximate surface area is 187 Å². The van der Waals surface area contributed by atoms with Gasteiger partial charge >= 0.3 is 0 Å². The highest BCUT2D eigenvalue weighted by molar-refractivity contribution is 5.94. The van der Waals surface area contributed by atoms with Crippen LogP contribution >= 0.6 is 0 Å². The highest BCUT2D eigenvalue weighted by Gasteiger charge is 2.19. The van der Waals surface area contributed by atoms with Crippen LogP contribution in [0.25, 0.3) is 11.3 Å². The lowest BCUT2D eigenvalue weighted by Gasteiger charge is -2.17. The molecule has 166 valence electrons. The molecule has 1 aromatic heterocycles. The predicted octanol–water partition coefficient (Wildman–Crippen LogP) is 4.38. The second kappa shape index (κ2) is 9.60. The first kappa shape index (κ1) is 22.9. The van der Waals surface area contributed by atoms with Gasteiger partial charge in [-0.2, -0.15) is 5.10 Å². The Bertz CT molecular complexity index is 1230. The molecule has 0 radical (unpaired) electrons. The zero-order valence-electron chi connectivity index (χ0n) is 19.0. The molecule has 0 spiro atoms. The third-order valence-corrected chi connectivity index (χ3v) is 5.56. The highest BCUT2D eigenvalue weighted by Crippen LogP contribution is 2.24. The van der Waals surface area contributed by atoms with Crippen molar-refractivity contribution in [3.8, 4) is 11.3 Å². The van der Waals surface area contributed by atoms with Gasteiger partial charge in [0.25, 0.3) is 5.56 Å².